The van der Waals surface area contributed by atoms with Crippen molar-refractivity contribution in [3.05, 3.63) is 66.1 Å². The van der Waals surface area contributed by atoms with E-state index in [1.54, 1.807) is 43.3 Å². The summed E-state index contributed by atoms with van der Waals surface area (Å²) in [5.41, 5.74) is 1.70. The summed E-state index contributed by atoms with van der Waals surface area (Å²) in [6.07, 6.45) is -4.59. The Morgan fingerprint density at radius 1 is 1.11 bits per heavy atom. The second kappa shape index (κ2) is 8.16. The summed E-state index contributed by atoms with van der Waals surface area (Å²) >= 11 is 0. The van der Waals surface area contributed by atoms with Crippen molar-refractivity contribution in [2.45, 2.75) is 19.3 Å². The quantitative estimate of drug-likeness (QED) is 0.510. The van der Waals surface area contributed by atoms with E-state index in [4.69, 9.17) is 4.52 Å². The highest BCUT2D eigenvalue weighted by molar-refractivity contribution is 7.59. The molecule has 0 aliphatic carbocycles. The SMILES string of the molecule is CCOP(=O)(Cc1ccc(-c2noc(C(F)(F)F)n2)cc1)Nc1ccccc1. The number of halogens is 3. The van der Waals surface area contributed by atoms with Gasteiger partial charge in [-0.05, 0) is 24.6 Å². The van der Waals surface area contributed by atoms with E-state index in [-0.39, 0.29) is 18.6 Å². The fourth-order valence-corrected chi connectivity index (χ4v) is 4.38. The molecule has 1 aromatic heterocycles. The summed E-state index contributed by atoms with van der Waals surface area (Å²) in [5.74, 6) is -1.58. The van der Waals surface area contributed by atoms with Gasteiger partial charge in [-0.25, -0.2) is 0 Å². The molecule has 0 spiro atoms. The van der Waals surface area contributed by atoms with Gasteiger partial charge in [-0.3, -0.25) is 4.57 Å². The first kappa shape index (κ1) is 20.1. The zero-order valence-electron chi connectivity index (χ0n) is 14.8. The molecule has 3 aromatic rings. The molecule has 148 valence electrons. The molecule has 10 heteroatoms. The average Bonchev–Trinajstić information content (AvgIpc) is 3.14. The van der Waals surface area contributed by atoms with Crippen molar-refractivity contribution < 1.29 is 26.8 Å². The van der Waals surface area contributed by atoms with Gasteiger partial charge >= 0.3 is 12.1 Å². The maximum atomic E-state index is 13.1. The smallest absolute Gasteiger partial charge is 0.329 e. The first-order valence-electron chi connectivity index (χ1n) is 8.36. The predicted octanol–water partition coefficient (Wildman–Crippen LogP) is 5.60. The Kier molecular flexibility index (Phi) is 5.86. The van der Waals surface area contributed by atoms with Gasteiger partial charge in [-0.2, -0.15) is 18.2 Å². The number of nitrogens with zero attached hydrogens (tertiary/aromatic N) is 2. The van der Waals surface area contributed by atoms with E-state index < -0.39 is 19.6 Å². The number of para-hydroxylation sites is 1. The van der Waals surface area contributed by atoms with Crippen molar-refractivity contribution in [1.82, 2.24) is 10.1 Å². The third-order valence-corrected chi connectivity index (χ3v) is 5.74. The lowest BCUT2D eigenvalue weighted by Crippen LogP contribution is -2.05. The maximum Gasteiger partial charge on any atom is 0.471 e. The van der Waals surface area contributed by atoms with Crippen LogP contribution in [0, 0.1) is 0 Å². The van der Waals surface area contributed by atoms with E-state index in [0.717, 1.165) is 0 Å². The van der Waals surface area contributed by atoms with Gasteiger partial charge in [0, 0.05) is 11.3 Å². The van der Waals surface area contributed by atoms with Crippen molar-refractivity contribution >= 4 is 13.2 Å². The third-order valence-electron chi connectivity index (χ3n) is 3.68. The molecule has 6 nitrogen and oxygen atoms in total. The molecular weight excluding hydrogens is 394 g/mol. The number of hydrogen-bond donors (Lipinski definition) is 1. The minimum Gasteiger partial charge on any atom is -0.329 e. The van der Waals surface area contributed by atoms with Crippen LogP contribution in [0.2, 0.25) is 0 Å². The molecule has 1 atom stereocenters. The number of hydrogen-bond acceptors (Lipinski definition) is 5. The number of aromatic nitrogens is 2. The molecule has 0 radical (unpaired) electrons. The van der Waals surface area contributed by atoms with E-state index >= 15 is 0 Å². The van der Waals surface area contributed by atoms with Crippen LogP contribution in [0.5, 0.6) is 0 Å². The van der Waals surface area contributed by atoms with Gasteiger partial charge < -0.3 is 14.1 Å². The number of anilines is 1. The van der Waals surface area contributed by atoms with E-state index in [1.807, 2.05) is 18.2 Å². The summed E-state index contributed by atoms with van der Waals surface area (Å²) < 4.78 is 60.5. The highest BCUT2D eigenvalue weighted by Gasteiger charge is 2.38. The van der Waals surface area contributed by atoms with Gasteiger partial charge in [0.05, 0.1) is 12.8 Å². The van der Waals surface area contributed by atoms with Gasteiger partial charge in [0.15, 0.2) is 0 Å². The molecule has 0 saturated carbocycles. The molecular formula is C18H17F3N3O3P. The van der Waals surface area contributed by atoms with Crippen molar-refractivity contribution in [3.63, 3.8) is 0 Å². The normalized spacial score (nSPS) is 13.9. The molecule has 0 aliphatic heterocycles. The zero-order chi connectivity index (χ0) is 20.2. The second-order valence-corrected chi connectivity index (χ2v) is 7.99. The Morgan fingerprint density at radius 2 is 1.79 bits per heavy atom. The Labute approximate surface area is 159 Å². The Hall–Kier alpha value is -2.64. The first-order valence-corrected chi connectivity index (χ1v) is 10.2. The zero-order valence-corrected chi connectivity index (χ0v) is 15.7. The third kappa shape index (κ3) is 4.99. The van der Waals surface area contributed by atoms with Crippen LogP contribution in [-0.2, 0) is 21.4 Å². The molecule has 0 bridgehead atoms. The lowest BCUT2D eigenvalue weighted by atomic mass is 10.1. The number of nitrogens with one attached hydrogen (secondary N) is 1. The van der Waals surface area contributed by atoms with Crippen LogP contribution in [0.4, 0.5) is 18.9 Å². The molecule has 2 aromatic carbocycles. The first-order chi connectivity index (χ1) is 13.3. The van der Waals surface area contributed by atoms with Crippen molar-refractivity contribution in [1.29, 1.82) is 0 Å². The molecule has 1 heterocycles. The van der Waals surface area contributed by atoms with Gasteiger partial charge in [-0.1, -0.05) is 47.6 Å². The van der Waals surface area contributed by atoms with Gasteiger partial charge in [0.1, 0.15) is 0 Å². The molecule has 0 fully saturated rings. The van der Waals surface area contributed by atoms with Crippen LogP contribution in [0.3, 0.4) is 0 Å². The van der Waals surface area contributed by atoms with Gasteiger partial charge in [-0.15, -0.1) is 0 Å². The molecule has 28 heavy (non-hydrogen) atoms. The molecule has 1 N–H and O–H groups in total. The molecule has 1 unspecified atom stereocenters. The van der Waals surface area contributed by atoms with Crippen molar-refractivity contribution in [2.24, 2.45) is 0 Å². The molecule has 0 aliphatic rings. The number of alkyl halides is 3. The average molecular weight is 411 g/mol. The van der Waals surface area contributed by atoms with Crippen LogP contribution in [0.1, 0.15) is 18.4 Å². The standard InChI is InChI=1S/C18H17F3N3O3P/c1-2-26-28(25,24-15-6-4-3-5-7-15)12-13-8-10-14(11-9-13)16-22-17(27-23-16)18(19,20)21/h3-11H,2,12H2,1H3,(H,24,25). The highest BCUT2D eigenvalue weighted by Crippen LogP contribution is 2.49. The van der Waals surface area contributed by atoms with E-state index in [2.05, 4.69) is 19.8 Å². The number of rotatable bonds is 7. The summed E-state index contributed by atoms with van der Waals surface area (Å²) in [7, 11) is -3.22. The summed E-state index contributed by atoms with van der Waals surface area (Å²) in [6, 6.07) is 15.4. The van der Waals surface area contributed by atoms with Gasteiger partial charge in [0.25, 0.3) is 7.52 Å². The lowest BCUT2D eigenvalue weighted by molar-refractivity contribution is -0.159. The molecule has 0 amide bonds. The minimum absolute atomic E-state index is 0.107. The fraction of sp³-hybridized carbons (Fsp3) is 0.222. The monoisotopic (exact) mass is 411 g/mol. The molecule has 0 saturated heterocycles. The Morgan fingerprint density at radius 3 is 2.36 bits per heavy atom. The number of benzene rings is 2. The molecule has 3 rings (SSSR count). The largest absolute Gasteiger partial charge is 0.471 e. The van der Waals surface area contributed by atoms with Crippen LogP contribution in [0.15, 0.2) is 59.1 Å². The summed E-state index contributed by atoms with van der Waals surface area (Å²) in [5, 5.41) is 6.28. The van der Waals surface area contributed by atoms with E-state index in [0.29, 0.717) is 16.8 Å². The Balaban J connectivity index is 1.76. The Bertz CT molecular complexity index is 959. The van der Waals surface area contributed by atoms with E-state index in [1.165, 1.54) is 0 Å². The van der Waals surface area contributed by atoms with Crippen LogP contribution < -0.4 is 5.09 Å². The van der Waals surface area contributed by atoms with Gasteiger partial charge in [0.2, 0.25) is 5.82 Å². The van der Waals surface area contributed by atoms with Crippen LogP contribution >= 0.6 is 7.52 Å². The lowest BCUT2D eigenvalue weighted by Gasteiger charge is -2.20. The fourth-order valence-electron chi connectivity index (χ4n) is 2.49. The summed E-state index contributed by atoms with van der Waals surface area (Å²) in [4.78, 5) is 3.35. The van der Waals surface area contributed by atoms with Crippen LogP contribution in [0.25, 0.3) is 11.4 Å². The van der Waals surface area contributed by atoms with E-state index in [9.17, 15) is 17.7 Å². The maximum absolute atomic E-state index is 13.1. The summed E-state index contributed by atoms with van der Waals surface area (Å²) in [6.45, 7) is 2.01. The predicted molar refractivity (Wildman–Crippen MR) is 97.7 cm³/mol. The minimum atomic E-state index is -4.70. The second-order valence-electron chi connectivity index (χ2n) is 5.84. The highest BCUT2D eigenvalue weighted by atomic mass is 31.2. The van der Waals surface area contributed by atoms with Crippen molar-refractivity contribution in [3.8, 4) is 11.4 Å². The van der Waals surface area contributed by atoms with Crippen LogP contribution in [-0.4, -0.2) is 16.7 Å². The topological polar surface area (TPSA) is 77.2 Å². The van der Waals surface area contributed by atoms with Crippen molar-refractivity contribution in [2.75, 3.05) is 11.7 Å².